The molecule has 1 aliphatic rings. The average molecular weight is 400 g/mol. The SMILES string of the molecule is Cl.Cl.Cl.NCC(=O)NCCCCN1CCN(c2ccccc2)CC1. The zero-order valence-electron chi connectivity index (χ0n) is 13.9. The zero-order valence-corrected chi connectivity index (χ0v) is 16.3. The molecule has 1 aliphatic heterocycles. The fourth-order valence-corrected chi connectivity index (χ4v) is 2.63. The van der Waals surface area contributed by atoms with Gasteiger partial charge in [0.15, 0.2) is 0 Å². The molecule has 3 N–H and O–H groups in total. The number of piperazine rings is 1. The molecule has 0 aliphatic carbocycles. The first-order valence-electron chi connectivity index (χ1n) is 7.78. The Bertz CT molecular complexity index is 429. The summed E-state index contributed by atoms with van der Waals surface area (Å²) < 4.78 is 0. The summed E-state index contributed by atoms with van der Waals surface area (Å²) >= 11 is 0. The second-order valence-electron chi connectivity index (χ2n) is 5.43. The van der Waals surface area contributed by atoms with Gasteiger partial charge in [-0.3, -0.25) is 9.69 Å². The van der Waals surface area contributed by atoms with Gasteiger partial charge in [0.2, 0.25) is 5.91 Å². The van der Waals surface area contributed by atoms with Crippen LogP contribution in [0.15, 0.2) is 30.3 Å². The molecule has 0 atom stereocenters. The van der Waals surface area contributed by atoms with E-state index < -0.39 is 0 Å². The largest absolute Gasteiger partial charge is 0.369 e. The minimum absolute atomic E-state index is 0. The summed E-state index contributed by atoms with van der Waals surface area (Å²) in [6.45, 7) is 6.35. The third-order valence-electron chi connectivity index (χ3n) is 3.90. The number of rotatable bonds is 7. The fraction of sp³-hybridized carbons (Fsp3) is 0.562. The summed E-state index contributed by atoms with van der Waals surface area (Å²) in [5, 5.41) is 2.81. The fourth-order valence-electron chi connectivity index (χ4n) is 2.63. The Morgan fingerprint density at radius 3 is 2.21 bits per heavy atom. The monoisotopic (exact) mass is 398 g/mol. The van der Waals surface area contributed by atoms with E-state index in [2.05, 4.69) is 45.4 Å². The number of carbonyl (C=O) groups is 1. The first-order valence-corrected chi connectivity index (χ1v) is 7.78. The van der Waals surface area contributed by atoms with E-state index in [0.717, 1.165) is 52.1 Å². The molecule has 1 amide bonds. The lowest BCUT2D eigenvalue weighted by atomic mass is 10.2. The molecule has 140 valence electrons. The number of nitrogens with one attached hydrogen (secondary N) is 1. The molecule has 1 aromatic rings. The number of anilines is 1. The quantitative estimate of drug-likeness (QED) is 0.688. The van der Waals surface area contributed by atoms with Gasteiger partial charge >= 0.3 is 0 Å². The highest BCUT2D eigenvalue weighted by Crippen LogP contribution is 2.15. The van der Waals surface area contributed by atoms with Gasteiger partial charge in [-0.25, -0.2) is 0 Å². The van der Waals surface area contributed by atoms with Crippen molar-refractivity contribution in [1.82, 2.24) is 10.2 Å². The van der Waals surface area contributed by atoms with Crippen LogP contribution in [0.1, 0.15) is 12.8 Å². The molecule has 0 aromatic heterocycles. The minimum atomic E-state index is -0.0634. The average Bonchev–Trinajstić information content (AvgIpc) is 2.55. The second kappa shape index (κ2) is 14.6. The summed E-state index contributed by atoms with van der Waals surface area (Å²) in [4.78, 5) is 15.9. The number of carbonyl (C=O) groups excluding carboxylic acids is 1. The number of unbranched alkanes of at least 4 members (excludes halogenated alkanes) is 1. The number of nitrogens with zero attached hydrogens (tertiary/aromatic N) is 2. The standard InChI is InChI=1S/C16H26N4O.3ClH/c17-14-16(21)18-8-4-5-9-19-10-12-20(13-11-19)15-6-2-1-3-7-15;;;/h1-3,6-7H,4-5,8-14,17H2,(H,18,21);3*1H. The van der Waals surface area contributed by atoms with Gasteiger partial charge in [0.1, 0.15) is 0 Å². The molecule has 24 heavy (non-hydrogen) atoms. The molecular formula is C16H29Cl3N4O. The maximum absolute atomic E-state index is 11.0. The molecule has 1 aromatic carbocycles. The van der Waals surface area contributed by atoms with E-state index in [0.29, 0.717) is 0 Å². The number of halogens is 3. The van der Waals surface area contributed by atoms with Crippen LogP contribution in [0.2, 0.25) is 0 Å². The van der Waals surface area contributed by atoms with Gasteiger partial charge in [-0.05, 0) is 31.5 Å². The first-order chi connectivity index (χ1) is 10.3. The molecule has 8 heteroatoms. The van der Waals surface area contributed by atoms with E-state index in [1.807, 2.05) is 0 Å². The molecule has 1 fully saturated rings. The van der Waals surface area contributed by atoms with Gasteiger partial charge < -0.3 is 16.0 Å². The number of hydrogen-bond donors (Lipinski definition) is 2. The molecule has 0 saturated carbocycles. The third kappa shape index (κ3) is 8.94. The number of benzene rings is 1. The van der Waals surface area contributed by atoms with Crippen molar-refractivity contribution in [2.45, 2.75) is 12.8 Å². The van der Waals surface area contributed by atoms with Crippen molar-refractivity contribution >= 4 is 48.8 Å². The van der Waals surface area contributed by atoms with Crippen molar-refractivity contribution in [3.8, 4) is 0 Å². The van der Waals surface area contributed by atoms with Crippen LogP contribution in [0.5, 0.6) is 0 Å². The third-order valence-corrected chi connectivity index (χ3v) is 3.90. The highest BCUT2D eigenvalue weighted by Gasteiger charge is 2.16. The maximum atomic E-state index is 11.0. The molecule has 5 nitrogen and oxygen atoms in total. The molecule has 0 spiro atoms. The summed E-state index contributed by atoms with van der Waals surface area (Å²) in [7, 11) is 0. The highest BCUT2D eigenvalue weighted by atomic mass is 35.5. The summed E-state index contributed by atoms with van der Waals surface area (Å²) in [6.07, 6.45) is 2.14. The molecule has 1 saturated heterocycles. The normalized spacial score (nSPS) is 14.0. The lowest BCUT2D eigenvalue weighted by Crippen LogP contribution is -2.46. The second-order valence-corrected chi connectivity index (χ2v) is 5.43. The molecule has 1 heterocycles. The Morgan fingerprint density at radius 1 is 1.00 bits per heavy atom. The Hall–Kier alpha value is -0.720. The van der Waals surface area contributed by atoms with Crippen molar-refractivity contribution in [1.29, 1.82) is 0 Å². The van der Waals surface area contributed by atoms with E-state index in [9.17, 15) is 4.79 Å². The van der Waals surface area contributed by atoms with Crippen molar-refractivity contribution < 1.29 is 4.79 Å². The van der Waals surface area contributed by atoms with Crippen LogP contribution in [0.4, 0.5) is 5.69 Å². The Morgan fingerprint density at radius 2 is 1.62 bits per heavy atom. The van der Waals surface area contributed by atoms with Crippen LogP contribution in [0, 0.1) is 0 Å². The van der Waals surface area contributed by atoms with E-state index in [1.54, 1.807) is 0 Å². The van der Waals surface area contributed by atoms with E-state index in [1.165, 1.54) is 5.69 Å². The summed E-state index contributed by atoms with van der Waals surface area (Å²) in [5.41, 5.74) is 6.56. The predicted molar refractivity (Wildman–Crippen MR) is 108 cm³/mol. The van der Waals surface area contributed by atoms with Gasteiger partial charge in [0.25, 0.3) is 0 Å². The molecule has 0 radical (unpaired) electrons. The smallest absolute Gasteiger partial charge is 0.233 e. The van der Waals surface area contributed by atoms with Crippen molar-refractivity contribution in [3.63, 3.8) is 0 Å². The maximum Gasteiger partial charge on any atom is 0.233 e. The summed E-state index contributed by atoms with van der Waals surface area (Å²) in [5.74, 6) is -0.0634. The molecular weight excluding hydrogens is 371 g/mol. The lowest BCUT2D eigenvalue weighted by molar-refractivity contribution is -0.119. The predicted octanol–water partition coefficient (Wildman–Crippen LogP) is 1.93. The van der Waals surface area contributed by atoms with Gasteiger partial charge in [-0.2, -0.15) is 0 Å². The van der Waals surface area contributed by atoms with Gasteiger partial charge in [0.05, 0.1) is 6.54 Å². The van der Waals surface area contributed by atoms with Crippen LogP contribution in [0.3, 0.4) is 0 Å². The summed E-state index contributed by atoms with van der Waals surface area (Å²) in [6, 6.07) is 10.6. The number of nitrogens with two attached hydrogens (primary N) is 1. The van der Waals surface area contributed by atoms with E-state index in [-0.39, 0.29) is 49.7 Å². The Kier molecular flexibility index (Phi) is 15.5. The number of amides is 1. The first kappa shape index (κ1) is 25.5. The van der Waals surface area contributed by atoms with Crippen LogP contribution < -0.4 is 16.0 Å². The topological polar surface area (TPSA) is 61.6 Å². The van der Waals surface area contributed by atoms with Crippen molar-refractivity contribution in [2.75, 3.05) is 50.7 Å². The lowest BCUT2D eigenvalue weighted by Gasteiger charge is -2.36. The minimum Gasteiger partial charge on any atom is -0.369 e. The molecule has 2 rings (SSSR count). The van der Waals surface area contributed by atoms with E-state index >= 15 is 0 Å². The molecule has 0 unspecified atom stereocenters. The Balaban J connectivity index is 0. The van der Waals surface area contributed by atoms with Gasteiger partial charge in [0, 0.05) is 38.4 Å². The van der Waals surface area contributed by atoms with Crippen LogP contribution in [-0.4, -0.2) is 56.6 Å². The van der Waals surface area contributed by atoms with Gasteiger partial charge in [-0.15, -0.1) is 37.2 Å². The molecule has 0 bridgehead atoms. The number of para-hydroxylation sites is 1. The highest BCUT2D eigenvalue weighted by molar-refractivity contribution is 5.86. The van der Waals surface area contributed by atoms with Crippen molar-refractivity contribution in [3.05, 3.63) is 30.3 Å². The van der Waals surface area contributed by atoms with Gasteiger partial charge in [-0.1, -0.05) is 18.2 Å². The number of hydrogen-bond acceptors (Lipinski definition) is 4. The van der Waals surface area contributed by atoms with E-state index in [4.69, 9.17) is 5.73 Å². The van der Waals surface area contributed by atoms with Crippen LogP contribution in [0.25, 0.3) is 0 Å². The van der Waals surface area contributed by atoms with Crippen LogP contribution >= 0.6 is 37.2 Å². The zero-order chi connectivity index (χ0) is 14.9. The van der Waals surface area contributed by atoms with Crippen molar-refractivity contribution in [2.24, 2.45) is 5.73 Å². The Labute approximate surface area is 163 Å². The van der Waals surface area contributed by atoms with Crippen LogP contribution in [-0.2, 0) is 4.79 Å².